The minimum absolute atomic E-state index is 0.221. The van der Waals surface area contributed by atoms with Crippen molar-refractivity contribution < 1.29 is 27.1 Å². The average Bonchev–Trinajstić information content (AvgIpc) is 2.17. The van der Waals surface area contributed by atoms with Gasteiger partial charge in [-0.3, -0.25) is 0 Å². The normalized spacial score (nSPS) is 14.9. The van der Waals surface area contributed by atoms with E-state index in [0.29, 0.717) is 0 Å². The van der Waals surface area contributed by atoms with Gasteiger partial charge in [0.1, 0.15) is 6.10 Å². The number of aliphatic hydroxyl groups excluding tert-OH is 1. The molecular weight excluding hydrogens is 231 g/mol. The van der Waals surface area contributed by atoms with Gasteiger partial charge in [0.25, 0.3) is 0 Å². The molecule has 1 unspecified atom stereocenters. The van der Waals surface area contributed by atoms with E-state index >= 15 is 0 Å². The lowest BCUT2D eigenvalue weighted by atomic mass is 10.0. The van der Waals surface area contributed by atoms with Crippen LogP contribution in [0.2, 0.25) is 0 Å². The number of halogens is 5. The van der Waals surface area contributed by atoms with Gasteiger partial charge in [0, 0.05) is 6.42 Å². The van der Waals surface area contributed by atoms with Crippen molar-refractivity contribution in [3.8, 4) is 0 Å². The van der Waals surface area contributed by atoms with Crippen molar-refractivity contribution in [2.45, 2.75) is 24.6 Å². The van der Waals surface area contributed by atoms with Gasteiger partial charge >= 0.3 is 12.1 Å². The summed E-state index contributed by atoms with van der Waals surface area (Å²) in [6, 6.07) is 7.32. The topological polar surface area (TPSA) is 20.2 Å². The van der Waals surface area contributed by atoms with Crippen LogP contribution in [0.5, 0.6) is 0 Å². The third-order valence-corrected chi connectivity index (χ3v) is 2.07. The molecule has 0 aliphatic carbocycles. The Morgan fingerprint density at radius 2 is 1.50 bits per heavy atom. The van der Waals surface area contributed by atoms with Crippen LogP contribution in [0.1, 0.15) is 5.56 Å². The monoisotopic (exact) mass is 240 g/mol. The lowest BCUT2D eigenvalue weighted by Crippen LogP contribution is -2.47. The SMILES string of the molecule is OC(Cc1ccccc1)C(F)(F)C(F)(F)F. The van der Waals surface area contributed by atoms with Gasteiger partial charge in [-0.05, 0) is 5.56 Å². The van der Waals surface area contributed by atoms with Crippen molar-refractivity contribution in [2.24, 2.45) is 0 Å². The van der Waals surface area contributed by atoms with Gasteiger partial charge in [0.2, 0.25) is 0 Å². The van der Waals surface area contributed by atoms with Crippen molar-refractivity contribution in [3.63, 3.8) is 0 Å². The number of hydrogen-bond donors (Lipinski definition) is 1. The van der Waals surface area contributed by atoms with Gasteiger partial charge in [0.05, 0.1) is 0 Å². The molecular formula is C10H9F5O. The first-order valence-electron chi connectivity index (χ1n) is 4.41. The van der Waals surface area contributed by atoms with Crippen molar-refractivity contribution in [1.29, 1.82) is 0 Å². The highest BCUT2D eigenvalue weighted by atomic mass is 19.4. The molecule has 1 atom stereocenters. The zero-order chi connectivity index (χ0) is 12.4. The fourth-order valence-corrected chi connectivity index (χ4v) is 1.15. The first-order valence-corrected chi connectivity index (χ1v) is 4.41. The Morgan fingerprint density at radius 1 is 1.00 bits per heavy atom. The number of rotatable bonds is 3. The van der Waals surface area contributed by atoms with E-state index in [2.05, 4.69) is 0 Å². The zero-order valence-corrected chi connectivity index (χ0v) is 8.01. The maximum Gasteiger partial charge on any atom is 0.456 e. The van der Waals surface area contributed by atoms with Gasteiger partial charge in [-0.25, -0.2) is 0 Å². The first-order chi connectivity index (χ1) is 7.25. The van der Waals surface area contributed by atoms with E-state index < -0.39 is 24.6 Å². The molecule has 0 aromatic heterocycles. The molecule has 1 aromatic rings. The van der Waals surface area contributed by atoms with E-state index in [1.54, 1.807) is 6.07 Å². The summed E-state index contributed by atoms with van der Waals surface area (Å²) in [6.45, 7) is 0. The Morgan fingerprint density at radius 3 is 1.94 bits per heavy atom. The largest absolute Gasteiger partial charge is 0.456 e. The van der Waals surface area contributed by atoms with Gasteiger partial charge in [-0.15, -0.1) is 0 Å². The minimum Gasteiger partial charge on any atom is -0.386 e. The van der Waals surface area contributed by atoms with Crippen LogP contribution in [0.3, 0.4) is 0 Å². The summed E-state index contributed by atoms with van der Waals surface area (Å²) in [5.74, 6) is -5.09. The molecule has 0 saturated carbocycles. The third-order valence-electron chi connectivity index (χ3n) is 2.07. The summed E-state index contributed by atoms with van der Waals surface area (Å²) in [7, 11) is 0. The van der Waals surface area contributed by atoms with Crippen LogP contribution >= 0.6 is 0 Å². The lowest BCUT2D eigenvalue weighted by Gasteiger charge is -2.24. The maximum atomic E-state index is 12.6. The maximum absolute atomic E-state index is 12.6. The predicted octanol–water partition coefficient (Wildman–Crippen LogP) is 2.79. The highest BCUT2D eigenvalue weighted by Gasteiger charge is 2.61. The summed E-state index contributed by atoms with van der Waals surface area (Å²) >= 11 is 0. The molecule has 1 rings (SSSR count). The lowest BCUT2D eigenvalue weighted by molar-refractivity contribution is -0.312. The number of alkyl halides is 5. The molecule has 0 bridgehead atoms. The van der Waals surface area contributed by atoms with Crippen molar-refractivity contribution >= 4 is 0 Å². The van der Waals surface area contributed by atoms with Gasteiger partial charge in [-0.2, -0.15) is 22.0 Å². The summed E-state index contributed by atoms with van der Waals surface area (Å²) in [6.07, 6.45) is -9.25. The number of hydrogen-bond acceptors (Lipinski definition) is 1. The van der Waals surface area contributed by atoms with Crippen LogP contribution in [0.15, 0.2) is 30.3 Å². The molecule has 6 heteroatoms. The number of benzene rings is 1. The average molecular weight is 240 g/mol. The van der Waals surface area contributed by atoms with Gasteiger partial charge < -0.3 is 5.11 Å². The molecule has 0 fully saturated rings. The number of aliphatic hydroxyl groups is 1. The molecule has 0 aliphatic heterocycles. The van der Waals surface area contributed by atoms with Crippen molar-refractivity contribution in [2.75, 3.05) is 0 Å². The van der Waals surface area contributed by atoms with Crippen LogP contribution in [0.4, 0.5) is 22.0 Å². The van der Waals surface area contributed by atoms with E-state index in [1.807, 2.05) is 0 Å². The molecule has 1 aromatic carbocycles. The van der Waals surface area contributed by atoms with Gasteiger partial charge in [0.15, 0.2) is 0 Å². The zero-order valence-electron chi connectivity index (χ0n) is 8.01. The predicted molar refractivity (Wildman–Crippen MR) is 47.2 cm³/mol. The Hall–Kier alpha value is -1.17. The van der Waals surface area contributed by atoms with E-state index in [-0.39, 0.29) is 5.56 Å². The molecule has 0 heterocycles. The second-order valence-corrected chi connectivity index (χ2v) is 3.33. The summed E-state index contributed by atoms with van der Waals surface area (Å²) in [5.41, 5.74) is 0.221. The smallest absolute Gasteiger partial charge is 0.386 e. The standard InChI is InChI=1S/C10H9F5O/c11-9(12,10(13,14)15)8(16)6-7-4-2-1-3-5-7/h1-5,8,16H,6H2. The highest BCUT2D eigenvalue weighted by Crippen LogP contribution is 2.38. The summed E-state index contributed by atoms with van der Waals surface area (Å²) in [5, 5.41) is 8.90. The quantitative estimate of drug-likeness (QED) is 0.805. The van der Waals surface area contributed by atoms with Crippen LogP contribution in [-0.2, 0) is 6.42 Å². The molecule has 1 N–H and O–H groups in total. The Bertz CT molecular complexity index is 333. The minimum atomic E-state index is -5.73. The van der Waals surface area contributed by atoms with E-state index in [1.165, 1.54) is 24.3 Å². The van der Waals surface area contributed by atoms with Crippen LogP contribution in [0.25, 0.3) is 0 Å². The summed E-state index contributed by atoms with van der Waals surface area (Å²) < 4.78 is 60.9. The van der Waals surface area contributed by atoms with Crippen LogP contribution in [-0.4, -0.2) is 23.3 Å². The highest BCUT2D eigenvalue weighted by molar-refractivity contribution is 5.16. The fourth-order valence-electron chi connectivity index (χ4n) is 1.15. The van der Waals surface area contributed by atoms with Crippen molar-refractivity contribution in [3.05, 3.63) is 35.9 Å². The molecule has 0 radical (unpaired) electrons. The van der Waals surface area contributed by atoms with E-state index in [0.717, 1.165) is 0 Å². The van der Waals surface area contributed by atoms with E-state index in [9.17, 15) is 22.0 Å². The first kappa shape index (κ1) is 12.9. The van der Waals surface area contributed by atoms with Crippen LogP contribution in [0, 0.1) is 0 Å². The molecule has 1 nitrogen and oxygen atoms in total. The molecule has 16 heavy (non-hydrogen) atoms. The molecule has 0 saturated heterocycles. The van der Waals surface area contributed by atoms with Gasteiger partial charge in [-0.1, -0.05) is 30.3 Å². The second-order valence-electron chi connectivity index (χ2n) is 3.33. The fraction of sp³-hybridized carbons (Fsp3) is 0.400. The third kappa shape index (κ3) is 2.69. The Balaban J connectivity index is 2.76. The Labute approximate surface area is 88.5 Å². The molecule has 90 valence electrons. The molecule has 0 spiro atoms. The van der Waals surface area contributed by atoms with Crippen molar-refractivity contribution in [1.82, 2.24) is 0 Å². The van der Waals surface area contributed by atoms with Crippen LogP contribution < -0.4 is 0 Å². The summed E-state index contributed by atoms with van der Waals surface area (Å²) in [4.78, 5) is 0. The molecule has 0 amide bonds. The second kappa shape index (κ2) is 4.37. The molecule has 0 aliphatic rings. The Kier molecular flexibility index (Phi) is 3.52. The van der Waals surface area contributed by atoms with E-state index in [4.69, 9.17) is 5.11 Å².